The van der Waals surface area contributed by atoms with Crippen LogP contribution in [0.4, 0.5) is 0 Å². The van der Waals surface area contributed by atoms with Crippen LogP contribution in [-0.4, -0.2) is 27.2 Å². The molecule has 9 nitrogen and oxygen atoms in total. The predicted octanol–water partition coefficient (Wildman–Crippen LogP) is -3.03. The van der Waals surface area contributed by atoms with Crippen molar-refractivity contribution in [1.82, 2.24) is 9.13 Å². The van der Waals surface area contributed by atoms with Crippen LogP contribution in [0.1, 0.15) is 24.0 Å². The summed E-state index contributed by atoms with van der Waals surface area (Å²) in [4.78, 5) is 35.2. The summed E-state index contributed by atoms with van der Waals surface area (Å²) in [5.74, 6) is -1.39. The minimum absolute atomic E-state index is 0. The molecule has 2 aromatic rings. The van der Waals surface area contributed by atoms with E-state index < -0.39 is 34.0 Å². The van der Waals surface area contributed by atoms with E-state index in [9.17, 15) is 24.8 Å². The molecule has 0 aliphatic carbocycles. The Morgan fingerprint density at radius 1 is 1.12 bits per heavy atom. The largest absolute Gasteiger partial charge is 1.00 e. The zero-order valence-corrected chi connectivity index (χ0v) is 18.4. The van der Waals surface area contributed by atoms with Gasteiger partial charge in [0.15, 0.2) is 0 Å². The van der Waals surface area contributed by atoms with Crippen LogP contribution in [0.15, 0.2) is 33.9 Å². The summed E-state index contributed by atoms with van der Waals surface area (Å²) in [6.45, 7) is 1.32. The predicted molar refractivity (Wildman–Crippen MR) is 87.7 cm³/mol. The summed E-state index contributed by atoms with van der Waals surface area (Å²) >= 11 is 0. The molecule has 1 aromatic carbocycles. The van der Waals surface area contributed by atoms with E-state index in [1.54, 1.807) is 24.3 Å². The van der Waals surface area contributed by atoms with Crippen LogP contribution < -0.4 is 72.5 Å². The van der Waals surface area contributed by atoms with Gasteiger partial charge in [-0.15, -0.1) is 0 Å². The van der Waals surface area contributed by atoms with Gasteiger partial charge in [-0.1, -0.05) is 12.1 Å². The first kappa shape index (κ1) is 22.6. The second kappa shape index (κ2) is 8.95. The quantitative estimate of drug-likeness (QED) is 0.306. The van der Waals surface area contributed by atoms with Crippen LogP contribution >= 0.6 is 0 Å². The molecule has 2 rings (SSSR count). The van der Waals surface area contributed by atoms with E-state index in [0.29, 0.717) is 11.3 Å². The van der Waals surface area contributed by atoms with Crippen molar-refractivity contribution in [2.24, 2.45) is 14.1 Å². The summed E-state index contributed by atoms with van der Waals surface area (Å²) in [6.07, 6.45) is 0. The third-order valence-electron chi connectivity index (χ3n) is 4.24. The van der Waals surface area contributed by atoms with Crippen molar-refractivity contribution in [3.05, 3.63) is 66.3 Å². The molecule has 2 unspecified atom stereocenters. The maximum absolute atomic E-state index is 12.5. The second-order valence-electron chi connectivity index (χ2n) is 5.70. The Hall–Kier alpha value is -1.46. The van der Waals surface area contributed by atoms with Gasteiger partial charge in [-0.05, 0) is 23.6 Å². The van der Waals surface area contributed by atoms with E-state index >= 15 is 0 Å². The smallest absolute Gasteiger partial charge is 0.860 e. The minimum atomic E-state index is -1.24. The van der Waals surface area contributed by atoms with Crippen molar-refractivity contribution in [2.45, 2.75) is 18.9 Å². The fourth-order valence-corrected chi connectivity index (χ4v) is 2.74. The molecule has 10 heteroatoms. The molecule has 1 heterocycles. The number of rotatable bonds is 5. The Kier molecular flexibility index (Phi) is 7.78. The fraction of sp³-hybridized carbons (Fsp3) is 0.375. The normalized spacial score (nSPS) is 12.8. The maximum Gasteiger partial charge on any atom is 1.00 e. The number of nitrogens with zero attached hydrogens (tertiary/aromatic N) is 3. The number of aromatic nitrogens is 2. The zero-order chi connectivity index (χ0) is 18.9. The summed E-state index contributed by atoms with van der Waals surface area (Å²) in [7, 11) is 3.94. The van der Waals surface area contributed by atoms with Crippen LogP contribution in [0, 0.1) is 10.1 Å². The van der Waals surface area contributed by atoms with Crippen molar-refractivity contribution in [1.29, 1.82) is 0 Å². The fourth-order valence-electron chi connectivity index (χ4n) is 2.74. The molecule has 0 radical (unpaired) electrons. The van der Waals surface area contributed by atoms with Gasteiger partial charge in [0.05, 0.1) is 13.0 Å². The molecule has 0 bridgehead atoms. The van der Waals surface area contributed by atoms with Gasteiger partial charge >= 0.3 is 57.1 Å². The molecule has 2 atom stereocenters. The third kappa shape index (κ3) is 4.09. The van der Waals surface area contributed by atoms with Crippen LogP contribution in [0.3, 0.4) is 0 Å². The van der Waals surface area contributed by atoms with Crippen LogP contribution in [-0.2, 0) is 14.1 Å². The molecule has 0 aliphatic heterocycles. The van der Waals surface area contributed by atoms with Crippen LogP contribution in [0.5, 0.6) is 11.6 Å². The van der Waals surface area contributed by atoms with E-state index in [-0.39, 0.29) is 56.9 Å². The molecular weight excluding hydrogens is 369 g/mol. The monoisotopic (exact) mass is 387 g/mol. The van der Waals surface area contributed by atoms with Crippen molar-refractivity contribution in [3.63, 3.8) is 0 Å². The Morgan fingerprint density at radius 2 is 1.65 bits per heavy atom. The van der Waals surface area contributed by atoms with E-state index in [4.69, 9.17) is 4.74 Å². The van der Waals surface area contributed by atoms with Gasteiger partial charge in [-0.2, -0.15) is 0 Å². The van der Waals surface area contributed by atoms with E-state index in [1.165, 1.54) is 28.1 Å². The van der Waals surface area contributed by atoms with Crippen molar-refractivity contribution in [2.75, 3.05) is 7.11 Å². The molecule has 0 N–H and O–H groups in total. The first-order chi connectivity index (χ1) is 11.7. The summed E-state index contributed by atoms with van der Waals surface area (Å²) in [6, 6.07) is 5.06. The third-order valence-corrected chi connectivity index (χ3v) is 4.24. The van der Waals surface area contributed by atoms with Gasteiger partial charge in [-0.3, -0.25) is 19.5 Å². The standard InChI is InChI=1S/C16H19N3O6.K/c1-9(19(23)24)12(10-5-7-11(25-4)8-6-10)13-14(20)17(2)16(22)18(3)15(13)21;/h5-9,12,20H,1-4H3;/q;+1/p-1. The Bertz CT molecular complexity index is 919. The number of hydrogen-bond acceptors (Lipinski definition) is 6. The molecule has 1 aromatic heterocycles. The molecule has 0 saturated heterocycles. The van der Waals surface area contributed by atoms with Gasteiger partial charge < -0.3 is 14.4 Å². The maximum atomic E-state index is 12.5. The molecule has 0 aliphatic rings. The molecule has 134 valence electrons. The number of ether oxygens (including phenoxy) is 1. The molecule has 0 amide bonds. The van der Waals surface area contributed by atoms with Crippen molar-refractivity contribution < 1.29 is 66.2 Å². The van der Waals surface area contributed by atoms with Gasteiger partial charge in [0.25, 0.3) is 5.56 Å². The molecular formula is C16H18KN3O6. The average Bonchev–Trinajstić information content (AvgIpc) is 2.61. The number of nitro groups is 1. The topological polar surface area (TPSA) is 119 Å². The average molecular weight is 387 g/mol. The van der Waals surface area contributed by atoms with Crippen LogP contribution in [0.2, 0.25) is 0 Å². The van der Waals surface area contributed by atoms with Gasteiger partial charge in [0.1, 0.15) is 5.75 Å². The minimum Gasteiger partial charge on any atom is -0.860 e. The number of hydrogen-bond donors (Lipinski definition) is 0. The zero-order valence-electron chi connectivity index (χ0n) is 15.3. The van der Waals surface area contributed by atoms with Crippen molar-refractivity contribution >= 4 is 0 Å². The molecule has 26 heavy (non-hydrogen) atoms. The number of benzene rings is 1. The summed E-state index contributed by atoms with van der Waals surface area (Å²) < 4.78 is 6.61. The van der Waals surface area contributed by atoms with Gasteiger partial charge in [0.2, 0.25) is 6.04 Å². The van der Waals surface area contributed by atoms with E-state index in [1.807, 2.05) is 0 Å². The molecule has 0 saturated carbocycles. The van der Waals surface area contributed by atoms with E-state index in [0.717, 1.165) is 9.13 Å². The Morgan fingerprint density at radius 3 is 2.12 bits per heavy atom. The van der Waals surface area contributed by atoms with E-state index in [2.05, 4.69) is 0 Å². The summed E-state index contributed by atoms with van der Waals surface area (Å²) in [5.41, 5.74) is -1.50. The first-order valence-corrected chi connectivity index (χ1v) is 7.45. The van der Waals surface area contributed by atoms with Crippen molar-refractivity contribution in [3.8, 4) is 11.6 Å². The Balaban J connectivity index is 0.00000338. The first-order valence-electron chi connectivity index (χ1n) is 7.45. The molecule has 0 spiro atoms. The van der Waals surface area contributed by atoms with Crippen LogP contribution in [0.25, 0.3) is 0 Å². The Labute approximate surface area is 191 Å². The van der Waals surface area contributed by atoms with Gasteiger partial charge in [-0.25, -0.2) is 4.79 Å². The SMILES string of the molecule is COc1ccc(C(c2c([O-])n(C)c(=O)n(C)c2=O)C(C)[N+](=O)[O-])cc1.[K+]. The second-order valence-corrected chi connectivity index (χ2v) is 5.70. The number of methoxy groups -OCH3 is 1. The summed E-state index contributed by atoms with van der Waals surface area (Å²) in [5, 5.41) is 23.9. The van der Waals surface area contributed by atoms with Gasteiger partial charge in [0, 0.05) is 31.5 Å². The molecule has 0 fully saturated rings.